The van der Waals surface area contributed by atoms with E-state index in [-0.39, 0.29) is 17.9 Å². The Balaban J connectivity index is 1.57. The van der Waals surface area contributed by atoms with Gasteiger partial charge in [0.25, 0.3) is 5.91 Å². The van der Waals surface area contributed by atoms with Crippen LogP contribution in [0.25, 0.3) is 10.2 Å². The number of carbonyl (C=O) groups excluding carboxylic acids is 2. The van der Waals surface area contributed by atoms with Gasteiger partial charge in [-0.2, -0.15) is 0 Å². The van der Waals surface area contributed by atoms with Crippen LogP contribution in [0.15, 0.2) is 41.8 Å². The number of fused-ring (bicyclic) bond motifs is 3. The molecule has 2 aliphatic rings. The van der Waals surface area contributed by atoms with Crippen molar-refractivity contribution >= 4 is 45.0 Å². The fourth-order valence-electron chi connectivity index (χ4n) is 4.73. The molecule has 0 radical (unpaired) electrons. The first kappa shape index (κ1) is 19.6. The minimum atomic E-state index is -1.00. The van der Waals surface area contributed by atoms with Crippen LogP contribution in [0.5, 0.6) is 0 Å². The van der Waals surface area contributed by atoms with E-state index in [4.69, 9.17) is 11.6 Å². The summed E-state index contributed by atoms with van der Waals surface area (Å²) in [5.41, 5.74) is 1.49. The molecular formula is C23H24ClN3O2S. The third-order valence-electron chi connectivity index (χ3n) is 6.51. The lowest BCUT2D eigenvalue weighted by atomic mass is 9.93. The van der Waals surface area contributed by atoms with Crippen LogP contribution >= 0.6 is 22.9 Å². The van der Waals surface area contributed by atoms with E-state index >= 15 is 0 Å². The van der Waals surface area contributed by atoms with Crippen LogP contribution in [-0.4, -0.2) is 32.9 Å². The summed E-state index contributed by atoms with van der Waals surface area (Å²) in [6, 6.07) is 11.7. The molecule has 0 spiro atoms. The van der Waals surface area contributed by atoms with Gasteiger partial charge in [-0.15, -0.1) is 11.3 Å². The number of hydrogen-bond donors (Lipinski definition) is 1. The third-order valence-corrected chi connectivity index (χ3v) is 7.74. The molecule has 5 rings (SSSR count). The predicted molar refractivity (Wildman–Crippen MR) is 120 cm³/mol. The molecule has 2 amide bonds. The second-order valence-electron chi connectivity index (χ2n) is 8.50. The summed E-state index contributed by atoms with van der Waals surface area (Å²) in [5, 5.41) is 5.85. The number of hydrogen-bond acceptors (Lipinski definition) is 3. The van der Waals surface area contributed by atoms with Crippen molar-refractivity contribution in [3.05, 3.63) is 58.1 Å². The highest BCUT2D eigenvalue weighted by Gasteiger charge is 2.48. The van der Waals surface area contributed by atoms with Crippen molar-refractivity contribution in [2.75, 3.05) is 0 Å². The van der Waals surface area contributed by atoms with Gasteiger partial charge in [0.05, 0.1) is 16.8 Å². The molecule has 0 unspecified atom stereocenters. The minimum absolute atomic E-state index is 0.0856. The fraction of sp³-hybridized carbons (Fsp3) is 0.391. The largest absolute Gasteiger partial charge is 0.351 e. The van der Waals surface area contributed by atoms with Gasteiger partial charge in [-0.1, -0.05) is 42.6 Å². The van der Waals surface area contributed by atoms with E-state index in [1.54, 1.807) is 16.2 Å². The predicted octanol–water partition coefficient (Wildman–Crippen LogP) is 4.83. The molecule has 1 N–H and O–H groups in total. The lowest BCUT2D eigenvalue weighted by Gasteiger charge is -2.44. The molecule has 0 saturated heterocycles. The van der Waals surface area contributed by atoms with Crippen molar-refractivity contribution in [3.8, 4) is 0 Å². The summed E-state index contributed by atoms with van der Waals surface area (Å²) in [7, 11) is 0. The Bertz CT molecular complexity index is 1130. The Morgan fingerprint density at radius 2 is 2.03 bits per heavy atom. The first-order valence-corrected chi connectivity index (χ1v) is 11.7. The zero-order chi connectivity index (χ0) is 20.9. The fourth-order valence-corrected chi connectivity index (χ4v) is 5.75. The van der Waals surface area contributed by atoms with Crippen LogP contribution in [0.3, 0.4) is 0 Å². The van der Waals surface area contributed by atoms with Gasteiger partial charge in [-0.3, -0.25) is 9.59 Å². The Morgan fingerprint density at radius 3 is 2.80 bits per heavy atom. The Hall–Kier alpha value is -2.31. The normalized spacial score (nSPS) is 21.9. The standard InChI is InChI=1S/C23H24ClN3O2S/c1-23(22(29)25-16-7-3-4-8-16)14-26-18-10-11-30-20(18)12-19(26)21(28)27(23)13-15-6-2-5-9-17(15)24/h2,5-6,9-12,16H,3-4,7-8,13-14H2,1H3,(H,25,29)/t23-/m0/s1. The van der Waals surface area contributed by atoms with Crippen LogP contribution in [0, 0.1) is 0 Å². The van der Waals surface area contributed by atoms with Gasteiger partial charge in [0, 0.05) is 17.6 Å². The summed E-state index contributed by atoms with van der Waals surface area (Å²) in [4.78, 5) is 28.9. The zero-order valence-electron chi connectivity index (χ0n) is 16.9. The van der Waals surface area contributed by atoms with Crippen molar-refractivity contribution in [3.63, 3.8) is 0 Å². The lowest BCUT2D eigenvalue weighted by Crippen LogP contribution is -2.64. The molecule has 1 aliphatic heterocycles. The quantitative estimate of drug-likeness (QED) is 0.630. The Kier molecular flexibility index (Phi) is 4.86. The average molecular weight is 442 g/mol. The van der Waals surface area contributed by atoms with Gasteiger partial charge in [-0.05, 0) is 48.9 Å². The second kappa shape index (κ2) is 7.43. The number of amides is 2. The van der Waals surface area contributed by atoms with E-state index in [0.717, 1.165) is 41.5 Å². The van der Waals surface area contributed by atoms with Gasteiger partial charge in [0.1, 0.15) is 11.2 Å². The minimum Gasteiger partial charge on any atom is -0.351 e. The summed E-state index contributed by atoms with van der Waals surface area (Å²) in [6.07, 6.45) is 4.29. The van der Waals surface area contributed by atoms with Gasteiger partial charge < -0.3 is 14.8 Å². The van der Waals surface area contributed by atoms with Crippen molar-refractivity contribution in [2.24, 2.45) is 0 Å². The highest BCUT2D eigenvalue weighted by atomic mass is 35.5. The molecule has 156 valence electrons. The van der Waals surface area contributed by atoms with Crippen molar-refractivity contribution in [1.82, 2.24) is 14.8 Å². The van der Waals surface area contributed by atoms with Gasteiger partial charge in [-0.25, -0.2) is 0 Å². The number of thiophene rings is 1. The Morgan fingerprint density at radius 1 is 1.27 bits per heavy atom. The first-order valence-electron chi connectivity index (χ1n) is 10.4. The molecular weight excluding hydrogens is 418 g/mol. The summed E-state index contributed by atoms with van der Waals surface area (Å²) < 4.78 is 3.07. The van der Waals surface area contributed by atoms with Crippen molar-refractivity contribution < 1.29 is 9.59 Å². The average Bonchev–Trinajstić information content (AvgIpc) is 3.45. The second-order valence-corrected chi connectivity index (χ2v) is 9.85. The van der Waals surface area contributed by atoms with E-state index in [0.29, 0.717) is 23.8 Å². The number of nitrogens with zero attached hydrogens (tertiary/aromatic N) is 2. The maximum atomic E-state index is 13.6. The topological polar surface area (TPSA) is 54.3 Å². The number of aromatic nitrogens is 1. The summed E-state index contributed by atoms with van der Waals surface area (Å²) in [5.74, 6) is -0.217. The maximum Gasteiger partial charge on any atom is 0.271 e. The molecule has 1 fully saturated rings. The molecule has 1 aromatic carbocycles. The SMILES string of the molecule is C[C@@]1(C(=O)NC2CCCC2)Cn2c(cc3sccc32)C(=O)N1Cc1ccccc1Cl. The van der Waals surface area contributed by atoms with E-state index in [9.17, 15) is 9.59 Å². The summed E-state index contributed by atoms with van der Waals surface area (Å²) >= 11 is 8.02. The van der Waals surface area contributed by atoms with Crippen LogP contribution in [0.1, 0.15) is 48.7 Å². The first-order chi connectivity index (χ1) is 14.5. The molecule has 7 heteroatoms. The van der Waals surface area contributed by atoms with Crippen LogP contribution in [0.2, 0.25) is 5.02 Å². The number of carbonyl (C=O) groups is 2. The van der Waals surface area contributed by atoms with E-state index in [1.165, 1.54) is 0 Å². The van der Waals surface area contributed by atoms with Crippen LogP contribution < -0.4 is 5.32 Å². The highest BCUT2D eigenvalue weighted by Crippen LogP contribution is 2.36. The molecule has 2 aromatic heterocycles. The number of nitrogens with one attached hydrogen (secondary N) is 1. The zero-order valence-corrected chi connectivity index (χ0v) is 18.4. The van der Waals surface area contributed by atoms with E-state index in [2.05, 4.69) is 5.32 Å². The molecule has 1 aliphatic carbocycles. The Labute approximate surface area is 184 Å². The lowest BCUT2D eigenvalue weighted by molar-refractivity contribution is -0.133. The number of benzene rings is 1. The molecule has 1 saturated carbocycles. The van der Waals surface area contributed by atoms with Gasteiger partial charge >= 0.3 is 0 Å². The molecule has 0 bridgehead atoms. The van der Waals surface area contributed by atoms with E-state index in [1.807, 2.05) is 53.3 Å². The van der Waals surface area contributed by atoms with Crippen molar-refractivity contribution in [1.29, 1.82) is 0 Å². The number of rotatable bonds is 4. The van der Waals surface area contributed by atoms with Gasteiger partial charge in [0.2, 0.25) is 5.91 Å². The van der Waals surface area contributed by atoms with Crippen molar-refractivity contribution in [2.45, 2.75) is 57.3 Å². The monoisotopic (exact) mass is 441 g/mol. The maximum absolute atomic E-state index is 13.6. The van der Waals surface area contributed by atoms with Crippen LogP contribution in [0.4, 0.5) is 0 Å². The molecule has 1 atom stereocenters. The van der Waals surface area contributed by atoms with Crippen LogP contribution in [-0.2, 0) is 17.9 Å². The third kappa shape index (κ3) is 3.13. The smallest absolute Gasteiger partial charge is 0.271 e. The van der Waals surface area contributed by atoms with Gasteiger partial charge in [0.15, 0.2) is 0 Å². The number of halogens is 1. The molecule has 3 aromatic rings. The molecule has 30 heavy (non-hydrogen) atoms. The van der Waals surface area contributed by atoms with E-state index < -0.39 is 5.54 Å². The highest BCUT2D eigenvalue weighted by molar-refractivity contribution is 7.17. The summed E-state index contributed by atoms with van der Waals surface area (Å²) in [6.45, 7) is 2.61. The molecule has 3 heterocycles. The molecule has 5 nitrogen and oxygen atoms in total.